The predicted molar refractivity (Wildman–Crippen MR) is 101 cm³/mol. The molecule has 3 rings (SSSR count). The van der Waals surface area contributed by atoms with Gasteiger partial charge in [-0.2, -0.15) is 5.26 Å². The highest BCUT2D eigenvalue weighted by molar-refractivity contribution is 6.10. The first-order chi connectivity index (χ1) is 13.0. The van der Waals surface area contributed by atoms with Gasteiger partial charge in [0.05, 0.1) is 23.5 Å². The van der Waals surface area contributed by atoms with Crippen molar-refractivity contribution in [2.75, 3.05) is 0 Å². The third-order valence-corrected chi connectivity index (χ3v) is 5.93. The van der Waals surface area contributed by atoms with E-state index >= 15 is 0 Å². The van der Waals surface area contributed by atoms with Gasteiger partial charge >= 0.3 is 5.97 Å². The molecule has 1 aromatic rings. The minimum absolute atomic E-state index is 0.354. The van der Waals surface area contributed by atoms with Crippen LogP contribution in [0.15, 0.2) is 24.3 Å². The highest BCUT2D eigenvalue weighted by Gasteiger charge is 2.70. The minimum atomic E-state index is -1.55. The van der Waals surface area contributed by atoms with Crippen molar-refractivity contribution in [3.8, 4) is 6.07 Å². The first-order valence-corrected chi connectivity index (χ1v) is 9.36. The monoisotopic (exact) mass is 383 g/mol. The lowest BCUT2D eigenvalue weighted by atomic mass is 9.73. The molecule has 148 valence electrons. The number of carboxylic acid groups (broad SMARTS) is 1. The molecule has 0 aliphatic carbocycles. The van der Waals surface area contributed by atoms with Crippen molar-refractivity contribution in [3.63, 3.8) is 0 Å². The molecular weight excluding hydrogens is 358 g/mol. The van der Waals surface area contributed by atoms with E-state index in [9.17, 15) is 19.5 Å². The lowest BCUT2D eigenvalue weighted by Gasteiger charge is -2.37. The maximum absolute atomic E-state index is 13.3. The Bertz CT molecular complexity index is 878. The summed E-state index contributed by atoms with van der Waals surface area (Å²) in [5.74, 6) is -4.14. The quantitative estimate of drug-likeness (QED) is 0.773. The van der Waals surface area contributed by atoms with Gasteiger partial charge in [-0.15, -0.1) is 0 Å². The second kappa shape index (κ2) is 6.42. The average molecular weight is 383 g/mol. The highest BCUT2D eigenvalue weighted by atomic mass is 16.4. The largest absolute Gasteiger partial charge is 0.480 e. The zero-order valence-electron chi connectivity index (χ0n) is 16.7. The van der Waals surface area contributed by atoms with E-state index in [4.69, 9.17) is 5.26 Å². The topological polar surface area (TPSA) is 110 Å². The second-order valence-corrected chi connectivity index (χ2v) is 8.87. The van der Waals surface area contributed by atoms with Crippen LogP contribution in [0.5, 0.6) is 0 Å². The number of imide groups is 1. The van der Waals surface area contributed by atoms with E-state index in [0.29, 0.717) is 11.1 Å². The van der Waals surface area contributed by atoms with E-state index in [1.807, 2.05) is 6.07 Å². The molecule has 2 heterocycles. The van der Waals surface area contributed by atoms with E-state index < -0.39 is 46.7 Å². The van der Waals surface area contributed by atoms with E-state index in [2.05, 4.69) is 5.32 Å². The summed E-state index contributed by atoms with van der Waals surface area (Å²) in [6.45, 7) is 8.80. The lowest BCUT2D eigenvalue weighted by molar-refractivity contribution is -0.155. The van der Waals surface area contributed by atoms with Crippen LogP contribution in [-0.2, 0) is 14.4 Å². The van der Waals surface area contributed by atoms with Gasteiger partial charge in [-0.3, -0.25) is 24.6 Å². The van der Waals surface area contributed by atoms with Crippen molar-refractivity contribution in [1.82, 2.24) is 10.2 Å². The predicted octanol–water partition coefficient (Wildman–Crippen LogP) is 2.08. The Morgan fingerprint density at radius 1 is 1.21 bits per heavy atom. The Morgan fingerprint density at radius 3 is 2.21 bits per heavy atom. The Morgan fingerprint density at radius 2 is 1.79 bits per heavy atom. The molecular formula is C21H25N3O4. The molecule has 0 aromatic heterocycles. The van der Waals surface area contributed by atoms with Gasteiger partial charge in [0, 0.05) is 11.6 Å². The number of carboxylic acids is 1. The molecule has 2 amide bonds. The maximum atomic E-state index is 13.3. The van der Waals surface area contributed by atoms with Crippen molar-refractivity contribution < 1.29 is 19.5 Å². The van der Waals surface area contributed by atoms with Crippen LogP contribution in [0.2, 0.25) is 0 Å². The molecule has 4 unspecified atom stereocenters. The summed E-state index contributed by atoms with van der Waals surface area (Å²) in [7, 11) is 0. The SMILES string of the molecule is CC(C)C1(C(=O)O)NC(c2ccc(C#N)cc2)C2C(=O)N(C(C)(C)C)C(=O)C21. The molecule has 2 aliphatic heterocycles. The first kappa shape index (κ1) is 20.0. The van der Waals surface area contributed by atoms with Gasteiger partial charge in [-0.05, 0) is 44.4 Å². The molecule has 4 atom stereocenters. The lowest BCUT2D eigenvalue weighted by Crippen LogP contribution is -2.60. The van der Waals surface area contributed by atoms with E-state index in [1.165, 1.54) is 4.90 Å². The fourth-order valence-corrected chi connectivity index (χ4v) is 4.63. The zero-order valence-corrected chi connectivity index (χ0v) is 16.7. The summed E-state index contributed by atoms with van der Waals surface area (Å²) in [6.07, 6.45) is 0. The number of nitrogens with zero attached hydrogens (tertiary/aromatic N) is 2. The number of nitriles is 1. The summed E-state index contributed by atoms with van der Waals surface area (Å²) in [4.78, 5) is 40.2. The van der Waals surface area contributed by atoms with Crippen LogP contribution in [0.3, 0.4) is 0 Å². The minimum Gasteiger partial charge on any atom is -0.480 e. The third-order valence-electron chi connectivity index (χ3n) is 5.93. The smallest absolute Gasteiger partial charge is 0.325 e. The van der Waals surface area contributed by atoms with Gasteiger partial charge in [0.2, 0.25) is 11.8 Å². The van der Waals surface area contributed by atoms with Crippen molar-refractivity contribution >= 4 is 17.8 Å². The van der Waals surface area contributed by atoms with Gasteiger partial charge in [0.1, 0.15) is 5.54 Å². The standard InChI is InChI=1S/C21H25N3O4/c1-11(2)21(19(27)28)15-14(17(25)24(18(15)26)20(3,4)5)16(23-21)13-8-6-12(10-22)7-9-13/h6-9,11,14-16,23H,1-5H3,(H,27,28). The third kappa shape index (κ3) is 2.63. The number of amides is 2. The number of hydrogen-bond donors (Lipinski definition) is 2. The number of aliphatic carboxylic acids is 1. The van der Waals surface area contributed by atoms with E-state index in [-0.39, 0.29) is 5.91 Å². The van der Waals surface area contributed by atoms with Crippen molar-refractivity contribution in [1.29, 1.82) is 5.26 Å². The van der Waals surface area contributed by atoms with E-state index in [0.717, 1.165) is 0 Å². The van der Waals surface area contributed by atoms with Crippen LogP contribution in [0.1, 0.15) is 51.8 Å². The molecule has 0 saturated carbocycles. The Hall–Kier alpha value is -2.72. The molecule has 2 fully saturated rings. The molecule has 2 saturated heterocycles. The number of fused-ring (bicyclic) bond motifs is 1. The van der Waals surface area contributed by atoms with Gasteiger partial charge in [0.15, 0.2) is 0 Å². The Labute approximate surface area is 164 Å². The Kier molecular flexibility index (Phi) is 4.59. The summed E-state index contributed by atoms with van der Waals surface area (Å²) in [5.41, 5.74) is -1.13. The zero-order chi connectivity index (χ0) is 21.0. The first-order valence-electron chi connectivity index (χ1n) is 9.36. The summed E-state index contributed by atoms with van der Waals surface area (Å²) in [5, 5.41) is 22.3. The number of nitrogens with one attached hydrogen (secondary N) is 1. The number of carbonyl (C=O) groups is 3. The average Bonchev–Trinajstić information content (AvgIpc) is 3.10. The number of rotatable bonds is 3. The second-order valence-electron chi connectivity index (χ2n) is 8.87. The molecule has 7 nitrogen and oxygen atoms in total. The van der Waals surface area contributed by atoms with Gasteiger partial charge in [-0.25, -0.2) is 0 Å². The van der Waals surface area contributed by atoms with Crippen LogP contribution in [-0.4, -0.2) is 38.9 Å². The summed E-state index contributed by atoms with van der Waals surface area (Å²) < 4.78 is 0. The van der Waals surface area contributed by atoms with Crippen LogP contribution in [0.25, 0.3) is 0 Å². The molecule has 1 aromatic carbocycles. The normalized spacial score (nSPS) is 29.9. The number of benzene rings is 1. The molecule has 7 heteroatoms. The Balaban J connectivity index is 2.19. The van der Waals surface area contributed by atoms with Gasteiger partial charge in [-0.1, -0.05) is 26.0 Å². The molecule has 0 radical (unpaired) electrons. The van der Waals surface area contributed by atoms with Crippen LogP contribution in [0, 0.1) is 29.1 Å². The van der Waals surface area contributed by atoms with Crippen LogP contribution in [0.4, 0.5) is 0 Å². The van der Waals surface area contributed by atoms with Crippen LogP contribution >= 0.6 is 0 Å². The highest BCUT2D eigenvalue weighted by Crippen LogP contribution is 2.52. The molecule has 0 spiro atoms. The number of hydrogen-bond acceptors (Lipinski definition) is 5. The number of likely N-dealkylation sites (tertiary alicyclic amines) is 1. The van der Waals surface area contributed by atoms with Gasteiger partial charge in [0.25, 0.3) is 0 Å². The fourth-order valence-electron chi connectivity index (χ4n) is 4.63. The molecule has 0 bridgehead atoms. The molecule has 2 aliphatic rings. The molecule has 2 N–H and O–H groups in total. The summed E-state index contributed by atoms with van der Waals surface area (Å²) in [6, 6.07) is 8.10. The van der Waals surface area contributed by atoms with Gasteiger partial charge < -0.3 is 5.11 Å². The molecule has 28 heavy (non-hydrogen) atoms. The van der Waals surface area contributed by atoms with E-state index in [1.54, 1.807) is 58.9 Å². The van der Waals surface area contributed by atoms with Crippen LogP contribution < -0.4 is 5.32 Å². The summed E-state index contributed by atoms with van der Waals surface area (Å²) >= 11 is 0. The van der Waals surface area contributed by atoms with Crippen molar-refractivity contribution in [2.45, 2.75) is 51.7 Å². The maximum Gasteiger partial charge on any atom is 0.325 e. The van der Waals surface area contributed by atoms with Crippen molar-refractivity contribution in [3.05, 3.63) is 35.4 Å². The number of carbonyl (C=O) groups excluding carboxylic acids is 2. The van der Waals surface area contributed by atoms with Crippen molar-refractivity contribution in [2.24, 2.45) is 17.8 Å². The fraction of sp³-hybridized carbons (Fsp3) is 0.524.